The number of anilines is 1. The standard InChI is InChI=1S/C14H17NO/c1-2-6-12-11(5-1)13-7-3-4-8-14(13,15-12)16-10-9-13/h1-2,5-6,15H,3-4,7-10H2. The fourth-order valence-electron chi connectivity index (χ4n) is 4.11. The number of fused-ring (bicyclic) bond motifs is 1. The van der Waals surface area contributed by atoms with Gasteiger partial charge in [0.15, 0.2) is 0 Å². The molecule has 0 bridgehead atoms. The zero-order chi connectivity index (χ0) is 10.6. The average molecular weight is 215 g/mol. The molecule has 2 nitrogen and oxygen atoms in total. The molecule has 2 heteroatoms. The van der Waals surface area contributed by atoms with Gasteiger partial charge < -0.3 is 10.1 Å². The molecule has 2 fully saturated rings. The van der Waals surface area contributed by atoms with Crippen LogP contribution >= 0.6 is 0 Å². The number of rotatable bonds is 0. The topological polar surface area (TPSA) is 21.3 Å². The highest BCUT2D eigenvalue weighted by Gasteiger charge is 2.62. The number of hydrogen-bond acceptors (Lipinski definition) is 2. The van der Waals surface area contributed by atoms with Gasteiger partial charge in [-0.1, -0.05) is 24.6 Å². The fourth-order valence-corrected chi connectivity index (χ4v) is 4.11. The molecule has 0 amide bonds. The van der Waals surface area contributed by atoms with Crippen molar-refractivity contribution in [3.63, 3.8) is 0 Å². The Bertz CT molecular complexity index is 444. The van der Waals surface area contributed by atoms with Crippen LogP contribution in [0.1, 0.15) is 37.7 Å². The first-order chi connectivity index (χ1) is 7.86. The molecule has 0 spiro atoms. The van der Waals surface area contributed by atoms with Crippen molar-refractivity contribution < 1.29 is 4.74 Å². The second-order valence-electron chi connectivity index (χ2n) is 5.39. The van der Waals surface area contributed by atoms with E-state index in [1.54, 1.807) is 0 Å². The van der Waals surface area contributed by atoms with Crippen LogP contribution in [0.25, 0.3) is 0 Å². The van der Waals surface area contributed by atoms with Gasteiger partial charge in [-0.25, -0.2) is 0 Å². The van der Waals surface area contributed by atoms with Crippen molar-refractivity contribution in [2.24, 2.45) is 0 Å². The van der Waals surface area contributed by atoms with Crippen molar-refractivity contribution in [1.29, 1.82) is 0 Å². The van der Waals surface area contributed by atoms with Gasteiger partial charge in [0, 0.05) is 11.1 Å². The van der Waals surface area contributed by atoms with E-state index in [0.29, 0.717) is 0 Å². The third-order valence-corrected chi connectivity index (χ3v) is 4.81. The first kappa shape index (κ1) is 9.06. The molecule has 1 aromatic rings. The van der Waals surface area contributed by atoms with Gasteiger partial charge in [0.1, 0.15) is 5.72 Å². The summed E-state index contributed by atoms with van der Waals surface area (Å²) in [6, 6.07) is 8.78. The highest BCUT2D eigenvalue weighted by atomic mass is 16.5. The van der Waals surface area contributed by atoms with E-state index in [0.717, 1.165) is 6.61 Å². The summed E-state index contributed by atoms with van der Waals surface area (Å²) in [5, 5.41) is 3.68. The summed E-state index contributed by atoms with van der Waals surface area (Å²) in [5.41, 5.74) is 3.04. The van der Waals surface area contributed by atoms with Crippen molar-refractivity contribution in [1.82, 2.24) is 0 Å². The zero-order valence-electron chi connectivity index (χ0n) is 9.46. The molecule has 1 aromatic carbocycles. The first-order valence-corrected chi connectivity index (χ1v) is 6.38. The van der Waals surface area contributed by atoms with E-state index in [1.165, 1.54) is 43.4 Å². The largest absolute Gasteiger partial charge is 0.357 e. The summed E-state index contributed by atoms with van der Waals surface area (Å²) in [4.78, 5) is 0. The minimum atomic E-state index is -0.0606. The summed E-state index contributed by atoms with van der Waals surface area (Å²) in [7, 11) is 0. The Kier molecular flexibility index (Phi) is 1.59. The predicted octanol–water partition coefficient (Wildman–Crippen LogP) is 3.04. The summed E-state index contributed by atoms with van der Waals surface area (Å²) in [6.07, 6.45) is 6.29. The minimum Gasteiger partial charge on any atom is -0.357 e. The van der Waals surface area contributed by atoms with Crippen LogP contribution in [-0.4, -0.2) is 12.3 Å². The molecule has 2 aliphatic heterocycles. The van der Waals surface area contributed by atoms with E-state index in [4.69, 9.17) is 4.74 Å². The van der Waals surface area contributed by atoms with Gasteiger partial charge in [0.05, 0.1) is 6.61 Å². The smallest absolute Gasteiger partial charge is 0.148 e. The maximum Gasteiger partial charge on any atom is 0.148 e. The SMILES string of the molecule is c1ccc2c(c1)NC13CCCCC21CCO3. The molecule has 16 heavy (non-hydrogen) atoms. The van der Waals surface area contributed by atoms with Crippen LogP contribution in [0.15, 0.2) is 24.3 Å². The molecule has 2 atom stereocenters. The quantitative estimate of drug-likeness (QED) is 0.718. The molecule has 4 rings (SSSR count). The lowest BCUT2D eigenvalue weighted by Gasteiger charge is -2.43. The van der Waals surface area contributed by atoms with E-state index < -0.39 is 0 Å². The Balaban J connectivity index is 1.95. The zero-order valence-corrected chi connectivity index (χ0v) is 9.46. The van der Waals surface area contributed by atoms with Gasteiger partial charge in [-0.15, -0.1) is 0 Å². The van der Waals surface area contributed by atoms with Gasteiger partial charge in [-0.3, -0.25) is 0 Å². The maximum absolute atomic E-state index is 6.13. The molecule has 84 valence electrons. The van der Waals surface area contributed by atoms with E-state index >= 15 is 0 Å². The molecule has 1 aliphatic carbocycles. The van der Waals surface area contributed by atoms with Gasteiger partial charge in [0.25, 0.3) is 0 Å². The normalized spacial score (nSPS) is 39.8. The van der Waals surface area contributed by atoms with Gasteiger partial charge >= 0.3 is 0 Å². The van der Waals surface area contributed by atoms with E-state index in [2.05, 4.69) is 29.6 Å². The third kappa shape index (κ3) is 0.844. The van der Waals surface area contributed by atoms with E-state index in [-0.39, 0.29) is 11.1 Å². The van der Waals surface area contributed by atoms with Crippen LogP contribution in [0.5, 0.6) is 0 Å². The number of nitrogens with one attached hydrogen (secondary N) is 1. The molecule has 1 saturated carbocycles. The Hall–Kier alpha value is -1.02. The highest BCUT2D eigenvalue weighted by Crippen LogP contribution is 2.60. The number of para-hydroxylation sites is 1. The molecule has 2 unspecified atom stereocenters. The third-order valence-electron chi connectivity index (χ3n) is 4.81. The van der Waals surface area contributed by atoms with Gasteiger partial charge in [-0.05, 0) is 37.3 Å². The Morgan fingerprint density at radius 1 is 1.06 bits per heavy atom. The van der Waals surface area contributed by atoms with Crippen LogP contribution in [0.2, 0.25) is 0 Å². The van der Waals surface area contributed by atoms with Crippen LogP contribution in [0.3, 0.4) is 0 Å². The average Bonchev–Trinajstić information content (AvgIpc) is 2.80. The van der Waals surface area contributed by atoms with Gasteiger partial charge in [0.2, 0.25) is 0 Å². The molecule has 3 aliphatic rings. The summed E-state index contributed by atoms with van der Waals surface area (Å²) in [6.45, 7) is 0.918. The van der Waals surface area contributed by atoms with Crippen LogP contribution in [0.4, 0.5) is 5.69 Å². The van der Waals surface area contributed by atoms with E-state index in [1.807, 2.05) is 0 Å². The Labute approximate surface area is 96.0 Å². The molecular weight excluding hydrogens is 198 g/mol. The van der Waals surface area contributed by atoms with Crippen molar-refractivity contribution in [2.75, 3.05) is 11.9 Å². The monoisotopic (exact) mass is 215 g/mol. The fraction of sp³-hybridized carbons (Fsp3) is 0.571. The Morgan fingerprint density at radius 2 is 1.94 bits per heavy atom. The molecular formula is C14H17NO. The second-order valence-corrected chi connectivity index (χ2v) is 5.39. The second kappa shape index (κ2) is 2.80. The molecule has 1 N–H and O–H groups in total. The van der Waals surface area contributed by atoms with Crippen molar-refractivity contribution >= 4 is 5.69 Å². The lowest BCUT2D eigenvalue weighted by Crippen LogP contribution is -2.51. The molecule has 0 aromatic heterocycles. The number of hydrogen-bond donors (Lipinski definition) is 1. The molecule has 2 heterocycles. The Morgan fingerprint density at radius 3 is 2.94 bits per heavy atom. The van der Waals surface area contributed by atoms with E-state index in [9.17, 15) is 0 Å². The lowest BCUT2D eigenvalue weighted by atomic mass is 9.65. The maximum atomic E-state index is 6.13. The summed E-state index contributed by atoms with van der Waals surface area (Å²) < 4.78 is 6.13. The van der Waals surface area contributed by atoms with Crippen LogP contribution in [-0.2, 0) is 10.2 Å². The van der Waals surface area contributed by atoms with Crippen LogP contribution < -0.4 is 5.32 Å². The number of ether oxygens (including phenoxy) is 1. The predicted molar refractivity (Wildman–Crippen MR) is 63.5 cm³/mol. The first-order valence-electron chi connectivity index (χ1n) is 6.38. The highest BCUT2D eigenvalue weighted by molar-refractivity contribution is 5.64. The van der Waals surface area contributed by atoms with Crippen molar-refractivity contribution in [3.05, 3.63) is 29.8 Å². The summed E-state index contributed by atoms with van der Waals surface area (Å²) >= 11 is 0. The van der Waals surface area contributed by atoms with Crippen molar-refractivity contribution in [2.45, 2.75) is 43.2 Å². The molecule has 1 saturated heterocycles. The lowest BCUT2D eigenvalue weighted by molar-refractivity contribution is -0.0279. The van der Waals surface area contributed by atoms with Gasteiger partial charge in [-0.2, -0.15) is 0 Å². The van der Waals surface area contributed by atoms with Crippen molar-refractivity contribution in [3.8, 4) is 0 Å². The van der Waals surface area contributed by atoms with Crippen LogP contribution in [0, 0.1) is 0 Å². The molecule has 0 radical (unpaired) electrons. The summed E-state index contributed by atoms with van der Waals surface area (Å²) in [5.74, 6) is 0. The number of benzene rings is 1. The minimum absolute atomic E-state index is 0.0606.